The minimum absolute atomic E-state index is 0.0541. The van der Waals surface area contributed by atoms with Crippen molar-refractivity contribution in [1.82, 2.24) is 5.32 Å². The lowest BCUT2D eigenvalue weighted by Gasteiger charge is -2.41. The van der Waals surface area contributed by atoms with E-state index >= 15 is 0 Å². The Bertz CT molecular complexity index is 1050. The van der Waals surface area contributed by atoms with Crippen LogP contribution in [0.5, 0.6) is 11.5 Å². The minimum atomic E-state index is -0.477. The van der Waals surface area contributed by atoms with E-state index in [1.807, 2.05) is 19.1 Å². The summed E-state index contributed by atoms with van der Waals surface area (Å²) in [5, 5.41) is 3.38. The molecule has 2 unspecified atom stereocenters. The number of ketones is 1. The third-order valence-corrected chi connectivity index (χ3v) is 7.55. The van der Waals surface area contributed by atoms with Crippen LogP contribution in [0.4, 0.5) is 0 Å². The number of rotatable bonds is 3. The van der Waals surface area contributed by atoms with Gasteiger partial charge in [-0.15, -0.1) is 0 Å². The van der Waals surface area contributed by atoms with Crippen LogP contribution in [-0.4, -0.2) is 24.6 Å². The number of hydrogen-bond donors (Lipinski definition) is 1. The average Bonchev–Trinajstić information content (AvgIpc) is 3.36. The maximum atomic E-state index is 13.5. The highest BCUT2D eigenvalue weighted by Crippen LogP contribution is 2.50. The monoisotopic (exact) mass is 501 g/mol. The first-order valence-electron chi connectivity index (χ1n) is 11.3. The number of Topliss-reactive ketones (excluding diaryl/α,β-unsaturated/α-hetero) is 1. The lowest BCUT2D eigenvalue weighted by molar-refractivity contribution is -0.144. The van der Waals surface area contributed by atoms with Crippen LogP contribution in [0.2, 0.25) is 0 Å². The van der Waals surface area contributed by atoms with Gasteiger partial charge in [-0.1, -0.05) is 35.9 Å². The van der Waals surface area contributed by atoms with E-state index in [0.717, 1.165) is 47.1 Å². The van der Waals surface area contributed by atoms with Crippen LogP contribution in [0.3, 0.4) is 0 Å². The van der Waals surface area contributed by atoms with Gasteiger partial charge in [-0.05, 0) is 55.7 Å². The largest absolute Gasteiger partial charge is 0.459 e. The van der Waals surface area contributed by atoms with E-state index in [4.69, 9.17) is 14.2 Å². The Hall–Kier alpha value is -2.28. The first-order chi connectivity index (χ1) is 15.2. The Morgan fingerprint density at radius 2 is 1.84 bits per heavy atom. The van der Waals surface area contributed by atoms with Crippen molar-refractivity contribution in [2.75, 3.05) is 6.79 Å². The third kappa shape index (κ3) is 3.74. The average molecular weight is 502 g/mol. The smallest absolute Gasteiger partial charge is 0.336 e. The molecule has 2 heterocycles. The van der Waals surface area contributed by atoms with E-state index in [2.05, 4.69) is 41.2 Å². The molecule has 5 rings (SSSR count). The van der Waals surface area contributed by atoms with E-state index < -0.39 is 11.8 Å². The first-order valence-corrected chi connectivity index (χ1v) is 12.1. The maximum absolute atomic E-state index is 13.5. The third-order valence-electron chi connectivity index (χ3n) is 6.86. The summed E-state index contributed by atoms with van der Waals surface area (Å²) in [5.41, 5.74) is 2.70. The van der Waals surface area contributed by atoms with Gasteiger partial charge in [-0.2, -0.15) is 0 Å². The van der Waals surface area contributed by atoms with Gasteiger partial charge in [-0.3, -0.25) is 4.79 Å². The molecule has 7 heteroatoms. The lowest BCUT2D eigenvalue weighted by atomic mass is 9.66. The highest BCUT2D eigenvalue weighted by Gasteiger charge is 2.47. The Morgan fingerprint density at radius 3 is 2.56 bits per heavy atom. The van der Waals surface area contributed by atoms with Gasteiger partial charge in [0.1, 0.15) is 11.9 Å². The number of hydrogen-bond acceptors (Lipinski definition) is 6. The zero-order valence-corrected chi connectivity index (χ0v) is 20.2. The van der Waals surface area contributed by atoms with Gasteiger partial charge in [0.15, 0.2) is 11.5 Å². The summed E-state index contributed by atoms with van der Waals surface area (Å²) < 4.78 is 17.8. The standard InChI is InChI=1S/C25H28BrNO5/c1-13-21(24(29)32-14-6-4-5-7-14)22(15-8-19-20(9-16(15)26)31-12-30-19)23-17(27-13)10-25(2,3)11-18(23)28/h8-10,14,22-23,27H,4-7,11-12H2,1-3H3. The Balaban J connectivity index is 1.64. The Kier molecular flexibility index (Phi) is 5.35. The number of carbonyl (C=O) groups excluding carboxylic acids is 2. The number of esters is 1. The number of fused-ring (bicyclic) bond motifs is 2. The van der Waals surface area contributed by atoms with Gasteiger partial charge >= 0.3 is 5.97 Å². The second kappa shape index (κ2) is 7.94. The van der Waals surface area contributed by atoms with Gasteiger partial charge in [0, 0.05) is 28.2 Å². The van der Waals surface area contributed by atoms with Gasteiger partial charge < -0.3 is 19.5 Å². The first kappa shape index (κ1) is 21.6. The van der Waals surface area contributed by atoms with Gasteiger partial charge in [0.05, 0.1) is 11.5 Å². The zero-order valence-electron chi connectivity index (χ0n) is 18.6. The molecule has 0 spiro atoms. The van der Waals surface area contributed by atoms with E-state index in [-0.39, 0.29) is 30.1 Å². The maximum Gasteiger partial charge on any atom is 0.336 e. The molecule has 6 nitrogen and oxygen atoms in total. The molecule has 2 aliphatic heterocycles. The quantitative estimate of drug-likeness (QED) is 0.579. The van der Waals surface area contributed by atoms with Crippen molar-refractivity contribution in [3.63, 3.8) is 0 Å². The van der Waals surface area contributed by atoms with Crippen LogP contribution in [0, 0.1) is 11.3 Å². The molecule has 0 amide bonds. The molecular formula is C25H28BrNO5. The van der Waals surface area contributed by atoms with Gasteiger partial charge in [0.2, 0.25) is 6.79 Å². The fraction of sp³-hybridized carbons (Fsp3) is 0.520. The molecule has 0 bridgehead atoms. The van der Waals surface area contributed by atoms with Crippen molar-refractivity contribution in [1.29, 1.82) is 0 Å². The molecular weight excluding hydrogens is 474 g/mol. The van der Waals surface area contributed by atoms with Crippen LogP contribution >= 0.6 is 15.9 Å². The van der Waals surface area contributed by atoms with E-state index in [1.165, 1.54) is 0 Å². The fourth-order valence-electron chi connectivity index (χ4n) is 5.46. The summed E-state index contributed by atoms with van der Waals surface area (Å²) in [7, 11) is 0. The van der Waals surface area contributed by atoms with Crippen molar-refractivity contribution in [2.24, 2.45) is 11.3 Å². The molecule has 1 saturated carbocycles. The van der Waals surface area contributed by atoms with Crippen molar-refractivity contribution >= 4 is 27.7 Å². The number of nitrogens with one attached hydrogen (secondary N) is 1. The van der Waals surface area contributed by atoms with E-state index in [0.29, 0.717) is 23.5 Å². The highest BCUT2D eigenvalue weighted by molar-refractivity contribution is 9.10. The van der Waals surface area contributed by atoms with E-state index in [1.54, 1.807) is 0 Å². The second-order valence-electron chi connectivity index (χ2n) is 9.89. The zero-order chi connectivity index (χ0) is 22.6. The van der Waals surface area contributed by atoms with Crippen LogP contribution in [0.15, 0.2) is 39.6 Å². The predicted molar refractivity (Wildman–Crippen MR) is 122 cm³/mol. The molecule has 0 aromatic heterocycles. The summed E-state index contributed by atoms with van der Waals surface area (Å²) in [4.78, 5) is 26.9. The molecule has 32 heavy (non-hydrogen) atoms. The van der Waals surface area contributed by atoms with Crippen molar-refractivity contribution < 1.29 is 23.8 Å². The number of ether oxygens (including phenoxy) is 3. The summed E-state index contributed by atoms with van der Waals surface area (Å²) in [6, 6.07) is 3.75. The molecule has 1 fully saturated rings. The Morgan fingerprint density at radius 1 is 1.16 bits per heavy atom. The summed E-state index contributed by atoms with van der Waals surface area (Å²) >= 11 is 3.67. The molecule has 1 aromatic rings. The normalized spacial score (nSPS) is 26.5. The van der Waals surface area contributed by atoms with Gasteiger partial charge in [-0.25, -0.2) is 4.79 Å². The summed E-state index contributed by atoms with van der Waals surface area (Å²) in [5.74, 6) is 0.106. The second-order valence-corrected chi connectivity index (χ2v) is 10.7. The number of halogens is 1. The summed E-state index contributed by atoms with van der Waals surface area (Å²) in [6.07, 6.45) is 6.45. The summed E-state index contributed by atoms with van der Waals surface area (Å²) in [6.45, 7) is 6.17. The van der Waals surface area contributed by atoms with Crippen molar-refractivity contribution in [2.45, 2.75) is 64.9 Å². The van der Waals surface area contributed by atoms with Gasteiger partial charge in [0.25, 0.3) is 0 Å². The molecule has 0 radical (unpaired) electrons. The van der Waals surface area contributed by atoms with Crippen LogP contribution < -0.4 is 14.8 Å². The van der Waals surface area contributed by atoms with E-state index in [9.17, 15) is 9.59 Å². The van der Waals surface area contributed by atoms with Crippen LogP contribution in [0.25, 0.3) is 0 Å². The Labute approximate surface area is 196 Å². The highest BCUT2D eigenvalue weighted by atomic mass is 79.9. The number of allylic oxidation sites excluding steroid dienone is 3. The molecule has 2 aliphatic carbocycles. The predicted octanol–water partition coefficient (Wildman–Crippen LogP) is 5.12. The van der Waals surface area contributed by atoms with Crippen LogP contribution in [0.1, 0.15) is 64.4 Å². The lowest BCUT2D eigenvalue weighted by Crippen LogP contribution is -2.44. The van der Waals surface area contributed by atoms with Crippen molar-refractivity contribution in [3.8, 4) is 11.5 Å². The fourth-order valence-corrected chi connectivity index (χ4v) is 6.03. The van der Waals surface area contributed by atoms with Crippen LogP contribution in [-0.2, 0) is 14.3 Å². The molecule has 0 saturated heterocycles. The molecule has 170 valence electrons. The molecule has 2 atom stereocenters. The topological polar surface area (TPSA) is 73.9 Å². The molecule has 4 aliphatic rings. The molecule has 1 N–H and O–H groups in total. The number of carbonyl (C=O) groups is 2. The molecule has 1 aromatic carbocycles. The van der Waals surface area contributed by atoms with Crippen molar-refractivity contribution in [3.05, 3.63) is 45.2 Å². The number of benzene rings is 1. The SMILES string of the molecule is CC1=C(C(=O)OC2CCCC2)C(c2cc3c(cc2Br)OCO3)C2C(=O)CC(C)(C)C=C2N1. The minimum Gasteiger partial charge on any atom is -0.459 e.